The lowest BCUT2D eigenvalue weighted by Crippen LogP contribution is -2.41. The first-order valence-corrected chi connectivity index (χ1v) is 10.5. The van der Waals surface area contributed by atoms with Gasteiger partial charge in [-0.1, -0.05) is 77.8 Å². The number of allylic oxidation sites excluding steroid dienone is 1. The number of fused-ring (bicyclic) bond motifs is 1. The van der Waals surface area contributed by atoms with Crippen LogP contribution in [0, 0.1) is 0 Å². The van der Waals surface area contributed by atoms with Crippen LogP contribution < -0.4 is 4.90 Å². The second-order valence-corrected chi connectivity index (χ2v) is 8.24. The molecular formula is C25H19Cl2NO3. The smallest absolute Gasteiger partial charge is 0.264 e. The number of rotatable bonds is 6. The molecule has 31 heavy (non-hydrogen) atoms. The average Bonchev–Trinajstić information content (AvgIpc) is 2.96. The summed E-state index contributed by atoms with van der Waals surface area (Å²) in [5.41, 5.74) is 0.414. The molecule has 0 bridgehead atoms. The van der Waals surface area contributed by atoms with E-state index >= 15 is 0 Å². The summed E-state index contributed by atoms with van der Waals surface area (Å²) in [6.45, 7) is 0.170. The monoisotopic (exact) mass is 451 g/mol. The molecule has 0 spiro atoms. The Bertz CT molecular complexity index is 1180. The van der Waals surface area contributed by atoms with E-state index < -0.39 is 11.5 Å². The average molecular weight is 452 g/mol. The van der Waals surface area contributed by atoms with Gasteiger partial charge in [0, 0.05) is 15.6 Å². The van der Waals surface area contributed by atoms with Crippen molar-refractivity contribution >= 4 is 46.7 Å². The van der Waals surface area contributed by atoms with Gasteiger partial charge in [-0.15, -0.1) is 0 Å². The van der Waals surface area contributed by atoms with Crippen LogP contribution in [0.4, 0.5) is 5.69 Å². The molecule has 3 aromatic rings. The summed E-state index contributed by atoms with van der Waals surface area (Å²) in [6, 6.07) is 21.4. The van der Waals surface area contributed by atoms with E-state index in [1.54, 1.807) is 30.3 Å². The van der Waals surface area contributed by atoms with Crippen molar-refractivity contribution < 1.29 is 14.7 Å². The van der Waals surface area contributed by atoms with Gasteiger partial charge in [-0.05, 0) is 41.5 Å². The van der Waals surface area contributed by atoms with Crippen LogP contribution in [0.3, 0.4) is 0 Å². The van der Waals surface area contributed by atoms with Gasteiger partial charge in [0.1, 0.15) is 0 Å². The number of hydrogen-bond donors (Lipinski definition) is 1. The minimum Gasteiger partial charge on any atom is -0.375 e. The highest BCUT2D eigenvalue weighted by Gasteiger charge is 2.50. The highest BCUT2D eigenvalue weighted by molar-refractivity contribution is 6.31. The first kappa shape index (κ1) is 21.3. The fourth-order valence-electron chi connectivity index (χ4n) is 3.71. The molecule has 0 radical (unpaired) electrons. The number of nitrogens with zero attached hydrogens (tertiary/aromatic N) is 1. The number of carbonyl (C=O) groups is 2. The number of amides is 1. The van der Waals surface area contributed by atoms with Crippen LogP contribution in [0.15, 0.2) is 78.9 Å². The Labute approximate surface area is 190 Å². The third kappa shape index (κ3) is 4.28. The zero-order valence-electron chi connectivity index (χ0n) is 16.5. The molecule has 6 heteroatoms. The van der Waals surface area contributed by atoms with E-state index in [2.05, 4.69) is 0 Å². The van der Waals surface area contributed by atoms with Crippen LogP contribution in [0.1, 0.15) is 23.1 Å². The van der Waals surface area contributed by atoms with Crippen molar-refractivity contribution in [2.75, 3.05) is 4.90 Å². The maximum absolute atomic E-state index is 13.3. The van der Waals surface area contributed by atoms with Crippen LogP contribution in [0.25, 0.3) is 6.08 Å². The lowest BCUT2D eigenvalue weighted by atomic mass is 9.89. The van der Waals surface area contributed by atoms with Gasteiger partial charge in [0.05, 0.1) is 18.7 Å². The van der Waals surface area contributed by atoms with Crippen LogP contribution in [0.5, 0.6) is 0 Å². The maximum atomic E-state index is 13.3. The third-order valence-electron chi connectivity index (χ3n) is 5.27. The number of hydrogen-bond acceptors (Lipinski definition) is 3. The van der Waals surface area contributed by atoms with Crippen molar-refractivity contribution in [3.8, 4) is 0 Å². The summed E-state index contributed by atoms with van der Waals surface area (Å²) >= 11 is 12.4. The van der Waals surface area contributed by atoms with Crippen molar-refractivity contribution in [1.29, 1.82) is 0 Å². The van der Waals surface area contributed by atoms with E-state index in [1.165, 1.54) is 17.0 Å². The molecule has 0 aromatic heterocycles. The quantitative estimate of drug-likeness (QED) is 0.510. The summed E-state index contributed by atoms with van der Waals surface area (Å²) in [6.07, 6.45) is 2.65. The molecule has 1 atom stereocenters. The van der Waals surface area contributed by atoms with Crippen molar-refractivity contribution in [3.05, 3.63) is 106 Å². The number of carbonyl (C=O) groups excluding carboxylic acids is 2. The Morgan fingerprint density at radius 3 is 2.45 bits per heavy atom. The van der Waals surface area contributed by atoms with E-state index in [1.807, 2.05) is 42.5 Å². The normalized spacial score (nSPS) is 17.9. The van der Waals surface area contributed by atoms with Gasteiger partial charge in [0.2, 0.25) is 0 Å². The predicted octanol–water partition coefficient (Wildman–Crippen LogP) is 5.40. The summed E-state index contributed by atoms with van der Waals surface area (Å²) in [5, 5.41) is 12.3. The third-order valence-corrected chi connectivity index (χ3v) is 5.88. The Hall–Kier alpha value is -2.92. The van der Waals surface area contributed by atoms with E-state index in [0.717, 1.165) is 11.1 Å². The summed E-state index contributed by atoms with van der Waals surface area (Å²) < 4.78 is 0. The van der Waals surface area contributed by atoms with Gasteiger partial charge in [-0.3, -0.25) is 9.59 Å². The SMILES string of the molecule is O=C(/C=C/c1ccccc1)C[C@@]1(O)C(=O)N(Cc2ccccc2Cl)c2ccc(Cl)cc21. The minimum absolute atomic E-state index is 0.170. The van der Waals surface area contributed by atoms with E-state index in [0.29, 0.717) is 21.3 Å². The van der Waals surface area contributed by atoms with Gasteiger partial charge in [0.15, 0.2) is 11.4 Å². The molecule has 0 saturated heterocycles. The lowest BCUT2D eigenvalue weighted by molar-refractivity contribution is -0.140. The van der Waals surface area contributed by atoms with Gasteiger partial charge in [-0.2, -0.15) is 0 Å². The van der Waals surface area contributed by atoms with E-state index in [4.69, 9.17) is 23.2 Å². The largest absolute Gasteiger partial charge is 0.375 e. The number of anilines is 1. The van der Waals surface area contributed by atoms with Crippen molar-refractivity contribution in [2.45, 2.75) is 18.6 Å². The van der Waals surface area contributed by atoms with Crippen molar-refractivity contribution in [1.82, 2.24) is 0 Å². The lowest BCUT2D eigenvalue weighted by Gasteiger charge is -2.22. The van der Waals surface area contributed by atoms with E-state index in [-0.39, 0.29) is 18.7 Å². The predicted molar refractivity (Wildman–Crippen MR) is 123 cm³/mol. The maximum Gasteiger partial charge on any atom is 0.264 e. The van der Waals surface area contributed by atoms with Crippen LogP contribution in [0.2, 0.25) is 10.0 Å². The standard InChI is InChI=1S/C25H19Cl2NO3/c26-19-11-13-23-21(14-19)25(31,15-20(29)12-10-17-6-2-1-3-7-17)24(30)28(23)16-18-8-4-5-9-22(18)27/h1-14,31H,15-16H2/b12-10+/t25-/m0/s1. The molecule has 1 aliphatic rings. The zero-order chi connectivity index (χ0) is 22.0. The second-order valence-electron chi connectivity index (χ2n) is 7.39. The van der Waals surface area contributed by atoms with Gasteiger partial charge in [-0.25, -0.2) is 0 Å². The summed E-state index contributed by atoms with van der Waals surface area (Å²) in [4.78, 5) is 27.4. The van der Waals surface area contributed by atoms with Gasteiger partial charge < -0.3 is 10.0 Å². The summed E-state index contributed by atoms with van der Waals surface area (Å²) in [7, 11) is 0. The fourth-order valence-corrected chi connectivity index (χ4v) is 4.08. The molecule has 156 valence electrons. The van der Waals surface area contributed by atoms with Crippen molar-refractivity contribution in [3.63, 3.8) is 0 Å². The van der Waals surface area contributed by atoms with Gasteiger partial charge in [0.25, 0.3) is 5.91 Å². The first-order valence-electron chi connectivity index (χ1n) is 9.72. The topological polar surface area (TPSA) is 57.6 Å². The molecule has 0 aliphatic carbocycles. The minimum atomic E-state index is -2.00. The number of halogens is 2. The number of aliphatic hydroxyl groups is 1. The highest BCUT2D eigenvalue weighted by atomic mass is 35.5. The molecule has 1 heterocycles. The highest BCUT2D eigenvalue weighted by Crippen LogP contribution is 2.44. The number of ketones is 1. The van der Waals surface area contributed by atoms with Crippen LogP contribution in [-0.2, 0) is 21.7 Å². The molecule has 0 saturated carbocycles. The van der Waals surface area contributed by atoms with Crippen LogP contribution in [-0.4, -0.2) is 16.8 Å². The molecule has 1 N–H and O–H groups in total. The summed E-state index contributed by atoms with van der Waals surface area (Å²) in [5.74, 6) is -0.948. The molecule has 4 rings (SSSR count). The van der Waals surface area contributed by atoms with Crippen LogP contribution >= 0.6 is 23.2 Å². The fraction of sp³-hybridized carbons (Fsp3) is 0.120. The Kier molecular flexibility index (Phi) is 5.96. The zero-order valence-corrected chi connectivity index (χ0v) is 18.0. The second kappa shape index (κ2) is 8.67. The molecular weight excluding hydrogens is 433 g/mol. The molecule has 3 aromatic carbocycles. The van der Waals surface area contributed by atoms with E-state index in [9.17, 15) is 14.7 Å². The molecule has 4 nitrogen and oxygen atoms in total. The molecule has 1 aliphatic heterocycles. The Morgan fingerprint density at radius 2 is 1.71 bits per heavy atom. The number of benzene rings is 3. The molecule has 0 fully saturated rings. The molecule has 0 unspecified atom stereocenters. The van der Waals surface area contributed by atoms with Crippen molar-refractivity contribution in [2.24, 2.45) is 0 Å². The molecule has 1 amide bonds. The van der Waals surface area contributed by atoms with Gasteiger partial charge >= 0.3 is 0 Å². The Morgan fingerprint density at radius 1 is 1.00 bits per heavy atom. The first-order chi connectivity index (χ1) is 14.9. The Balaban J connectivity index is 1.65.